The van der Waals surface area contributed by atoms with Gasteiger partial charge in [0.2, 0.25) is 11.8 Å². The Kier molecular flexibility index (Phi) is 11.7. The van der Waals surface area contributed by atoms with Crippen molar-refractivity contribution in [3.8, 4) is 0 Å². The molecular weight excluding hydrogens is 593 g/mol. The minimum absolute atomic E-state index is 0.00724. The lowest BCUT2D eigenvalue weighted by molar-refractivity contribution is -0.140. The van der Waals surface area contributed by atoms with Gasteiger partial charge < -0.3 is 10.2 Å². The van der Waals surface area contributed by atoms with E-state index in [0.29, 0.717) is 27.2 Å². The molecule has 3 aromatic rings. The third-order valence-electron chi connectivity index (χ3n) is 6.31. The number of nitrogens with zero attached hydrogens (tertiary/aromatic N) is 2. The summed E-state index contributed by atoms with van der Waals surface area (Å²) in [4.78, 5) is 28.7. The van der Waals surface area contributed by atoms with Crippen LogP contribution in [0.1, 0.15) is 38.7 Å². The summed E-state index contributed by atoms with van der Waals surface area (Å²) in [5, 5.41) is 3.85. The number of benzene rings is 3. The second kappa shape index (κ2) is 14.7. The summed E-state index contributed by atoms with van der Waals surface area (Å²) in [6, 6.07) is 18.1. The number of carbonyl (C=O) groups excluding carboxylic acids is 2. The number of unbranched alkanes of at least 4 members (excludes halogenated alkanes) is 1. The van der Waals surface area contributed by atoms with Crippen molar-refractivity contribution in [1.29, 1.82) is 0 Å². The molecule has 0 aliphatic rings. The average molecular weight is 625 g/mol. The maximum atomic E-state index is 14.1. The van der Waals surface area contributed by atoms with Gasteiger partial charge in [0, 0.05) is 33.7 Å². The highest BCUT2D eigenvalue weighted by molar-refractivity contribution is 7.92. The Bertz CT molecular complexity index is 1400. The third-order valence-corrected chi connectivity index (χ3v) is 9.04. The van der Waals surface area contributed by atoms with Crippen LogP contribution in [0.3, 0.4) is 0 Å². The van der Waals surface area contributed by atoms with Crippen LogP contribution >= 0.6 is 34.8 Å². The van der Waals surface area contributed by atoms with E-state index < -0.39 is 28.5 Å². The average Bonchev–Trinajstić information content (AvgIpc) is 2.93. The van der Waals surface area contributed by atoms with E-state index in [9.17, 15) is 18.0 Å². The van der Waals surface area contributed by atoms with E-state index in [0.717, 1.165) is 17.1 Å². The standard InChI is InChI=1S/C29H32Cl3N3O4S/c1-3-5-17-33-29(37)27(4-2)34(19-24-25(31)15-10-16-26(24)32)28(36)20-35(22-12-9-11-21(30)18-22)40(38,39)23-13-7-6-8-14-23/h6-16,18,27H,3-5,17,19-20H2,1-2H3,(H,33,37). The SMILES string of the molecule is CCCCNC(=O)C(CC)N(Cc1c(Cl)cccc1Cl)C(=O)CN(c1cccc(Cl)c1)S(=O)(=O)c1ccccc1. The van der Waals surface area contributed by atoms with Gasteiger partial charge in [-0.25, -0.2) is 8.42 Å². The van der Waals surface area contributed by atoms with Crippen LogP contribution in [-0.2, 0) is 26.2 Å². The summed E-state index contributed by atoms with van der Waals surface area (Å²) in [6.45, 7) is 3.58. The molecule has 0 heterocycles. The highest BCUT2D eigenvalue weighted by Crippen LogP contribution is 2.29. The van der Waals surface area contributed by atoms with E-state index in [1.165, 1.54) is 23.1 Å². The van der Waals surface area contributed by atoms with E-state index in [4.69, 9.17) is 34.8 Å². The largest absolute Gasteiger partial charge is 0.354 e. The zero-order chi connectivity index (χ0) is 29.3. The number of anilines is 1. The Morgan fingerprint density at radius 3 is 2.15 bits per heavy atom. The van der Waals surface area contributed by atoms with E-state index in [1.807, 2.05) is 6.92 Å². The number of halogens is 3. The maximum absolute atomic E-state index is 14.1. The van der Waals surface area contributed by atoms with E-state index in [2.05, 4.69) is 5.32 Å². The smallest absolute Gasteiger partial charge is 0.264 e. The van der Waals surface area contributed by atoms with Crippen molar-refractivity contribution in [3.63, 3.8) is 0 Å². The minimum Gasteiger partial charge on any atom is -0.354 e. The van der Waals surface area contributed by atoms with E-state index >= 15 is 0 Å². The summed E-state index contributed by atoms with van der Waals surface area (Å²) >= 11 is 19.1. The summed E-state index contributed by atoms with van der Waals surface area (Å²) < 4.78 is 28.6. The number of amides is 2. The molecule has 0 fully saturated rings. The molecule has 40 heavy (non-hydrogen) atoms. The fourth-order valence-electron chi connectivity index (χ4n) is 4.16. The number of nitrogens with one attached hydrogen (secondary N) is 1. The topological polar surface area (TPSA) is 86.8 Å². The molecule has 1 N–H and O–H groups in total. The van der Waals surface area contributed by atoms with Crippen LogP contribution in [0, 0.1) is 0 Å². The van der Waals surface area contributed by atoms with Gasteiger partial charge in [0.25, 0.3) is 10.0 Å². The van der Waals surface area contributed by atoms with Gasteiger partial charge in [0.05, 0.1) is 10.6 Å². The number of hydrogen-bond acceptors (Lipinski definition) is 4. The van der Waals surface area contributed by atoms with Crippen molar-refractivity contribution in [2.24, 2.45) is 0 Å². The second-order valence-electron chi connectivity index (χ2n) is 9.10. The van der Waals surface area contributed by atoms with Crippen LogP contribution in [0.4, 0.5) is 5.69 Å². The van der Waals surface area contributed by atoms with Crippen LogP contribution in [0.15, 0.2) is 77.7 Å². The third kappa shape index (κ3) is 7.91. The van der Waals surface area contributed by atoms with Crippen LogP contribution in [0.25, 0.3) is 0 Å². The van der Waals surface area contributed by atoms with Gasteiger partial charge in [-0.2, -0.15) is 0 Å². The molecule has 0 saturated carbocycles. The van der Waals surface area contributed by atoms with Crippen molar-refractivity contribution in [3.05, 3.63) is 93.4 Å². The van der Waals surface area contributed by atoms with Gasteiger partial charge >= 0.3 is 0 Å². The second-order valence-corrected chi connectivity index (χ2v) is 12.2. The lowest BCUT2D eigenvalue weighted by Crippen LogP contribution is -2.52. The molecule has 0 aromatic heterocycles. The fraction of sp³-hybridized carbons (Fsp3) is 0.310. The van der Waals surface area contributed by atoms with Gasteiger partial charge in [-0.1, -0.05) is 85.4 Å². The Hall–Kier alpha value is -2.78. The Morgan fingerprint density at radius 2 is 1.55 bits per heavy atom. The quantitative estimate of drug-likeness (QED) is 0.218. The summed E-state index contributed by atoms with van der Waals surface area (Å²) in [5.74, 6) is -0.944. The molecule has 3 aromatic carbocycles. The number of hydrogen-bond donors (Lipinski definition) is 1. The molecule has 7 nitrogen and oxygen atoms in total. The molecular formula is C29H32Cl3N3O4S. The molecule has 2 amide bonds. The van der Waals surface area contributed by atoms with Crippen molar-refractivity contribution < 1.29 is 18.0 Å². The van der Waals surface area contributed by atoms with Crippen molar-refractivity contribution in [1.82, 2.24) is 10.2 Å². The first kappa shape index (κ1) is 31.7. The van der Waals surface area contributed by atoms with Gasteiger partial charge in [0.15, 0.2) is 0 Å². The number of carbonyl (C=O) groups is 2. The molecule has 0 aliphatic heterocycles. The van der Waals surface area contributed by atoms with Gasteiger partial charge in [0.1, 0.15) is 12.6 Å². The molecule has 11 heteroatoms. The van der Waals surface area contributed by atoms with Crippen LogP contribution in [0.2, 0.25) is 15.1 Å². The zero-order valence-electron chi connectivity index (χ0n) is 22.3. The lowest BCUT2D eigenvalue weighted by atomic mass is 10.1. The molecule has 3 rings (SSSR count). The summed E-state index contributed by atoms with van der Waals surface area (Å²) in [5.41, 5.74) is 0.667. The highest BCUT2D eigenvalue weighted by atomic mass is 35.5. The number of sulfonamides is 1. The first-order chi connectivity index (χ1) is 19.1. The summed E-state index contributed by atoms with van der Waals surface area (Å²) in [6.07, 6.45) is 1.96. The molecule has 0 saturated heterocycles. The highest BCUT2D eigenvalue weighted by Gasteiger charge is 2.34. The molecule has 0 radical (unpaired) electrons. The Labute approximate surface area is 251 Å². The molecule has 0 bridgehead atoms. The fourth-order valence-corrected chi connectivity index (χ4v) is 6.29. The summed E-state index contributed by atoms with van der Waals surface area (Å²) in [7, 11) is -4.18. The van der Waals surface area contributed by atoms with Crippen LogP contribution in [0.5, 0.6) is 0 Å². The normalized spacial score (nSPS) is 12.0. The zero-order valence-corrected chi connectivity index (χ0v) is 25.4. The van der Waals surface area contributed by atoms with Crippen LogP contribution in [-0.4, -0.2) is 44.3 Å². The lowest BCUT2D eigenvalue weighted by Gasteiger charge is -2.33. The minimum atomic E-state index is -4.18. The first-order valence-electron chi connectivity index (χ1n) is 12.9. The van der Waals surface area contributed by atoms with Gasteiger partial charge in [-0.3, -0.25) is 13.9 Å². The van der Waals surface area contributed by atoms with Crippen molar-refractivity contribution in [2.45, 2.75) is 50.6 Å². The molecule has 0 spiro atoms. The van der Waals surface area contributed by atoms with E-state index in [1.54, 1.807) is 61.5 Å². The molecule has 214 valence electrons. The first-order valence-corrected chi connectivity index (χ1v) is 15.5. The molecule has 1 unspecified atom stereocenters. The Morgan fingerprint density at radius 1 is 0.900 bits per heavy atom. The maximum Gasteiger partial charge on any atom is 0.264 e. The van der Waals surface area contributed by atoms with Crippen molar-refractivity contribution in [2.75, 3.05) is 17.4 Å². The monoisotopic (exact) mass is 623 g/mol. The molecule has 1 atom stereocenters. The van der Waals surface area contributed by atoms with Crippen molar-refractivity contribution >= 4 is 62.3 Å². The van der Waals surface area contributed by atoms with E-state index in [-0.39, 0.29) is 29.5 Å². The number of rotatable bonds is 13. The van der Waals surface area contributed by atoms with Gasteiger partial charge in [-0.05, 0) is 55.3 Å². The van der Waals surface area contributed by atoms with Gasteiger partial charge in [-0.15, -0.1) is 0 Å². The van der Waals surface area contributed by atoms with Crippen LogP contribution < -0.4 is 9.62 Å². The predicted octanol–water partition coefficient (Wildman–Crippen LogP) is 6.57. The molecule has 0 aliphatic carbocycles. The Balaban J connectivity index is 2.07. The predicted molar refractivity (Wildman–Crippen MR) is 161 cm³/mol.